The van der Waals surface area contributed by atoms with Crippen molar-refractivity contribution in [3.8, 4) is 5.75 Å². The van der Waals surface area contributed by atoms with Crippen LogP contribution in [0.4, 0.5) is 5.69 Å². The zero-order chi connectivity index (χ0) is 17.7. The monoisotopic (exact) mass is 367 g/mol. The molecule has 2 rings (SSSR count). The van der Waals surface area contributed by atoms with Crippen molar-refractivity contribution >= 4 is 33.0 Å². The first kappa shape index (κ1) is 18.3. The van der Waals surface area contributed by atoms with Gasteiger partial charge in [0.25, 0.3) is 0 Å². The minimum atomic E-state index is -3.73. The highest BCUT2D eigenvalue weighted by Gasteiger charge is 2.29. The summed E-state index contributed by atoms with van der Waals surface area (Å²) < 4.78 is 30.3. The first-order valence-electron chi connectivity index (χ1n) is 7.23. The molecule has 1 unspecified atom stereocenters. The maximum absolute atomic E-state index is 12.6. The first-order valence-corrected chi connectivity index (χ1v) is 9.32. The van der Waals surface area contributed by atoms with Crippen molar-refractivity contribution in [1.82, 2.24) is 0 Å². The van der Waals surface area contributed by atoms with Crippen LogP contribution >= 0.6 is 11.6 Å². The van der Waals surface area contributed by atoms with Gasteiger partial charge in [0.05, 0.1) is 12.9 Å². The van der Waals surface area contributed by atoms with Crippen LogP contribution in [0.1, 0.15) is 12.5 Å². The van der Waals surface area contributed by atoms with E-state index in [1.165, 1.54) is 20.1 Å². The zero-order valence-electron chi connectivity index (χ0n) is 13.3. The average Bonchev–Trinajstić information content (AvgIpc) is 2.55. The minimum Gasteiger partial charge on any atom is -0.496 e. The number of benzene rings is 2. The molecule has 0 aliphatic rings. The third-order valence-corrected chi connectivity index (χ3v) is 5.79. The van der Waals surface area contributed by atoms with Crippen LogP contribution in [0, 0.1) is 0 Å². The van der Waals surface area contributed by atoms with E-state index in [0.29, 0.717) is 22.0 Å². The maximum Gasteiger partial charge on any atom is 0.242 e. The summed E-state index contributed by atoms with van der Waals surface area (Å²) in [4.78, 5) is 12.2. The third kappa shape index (κ3) is 4.49. The summed E-state index contributed by atoms with van der Waals surface area (Å²) in [7, 11) is -2.28. The van der Waals surface area contributed by atoms with Crippen molar-refractivity contribution in [1.29, 1.82) is 0 Å². The zero-order valence-corrected chi connectivity index (χ0v) is 14.9. The Bertz CT molecular complexity index is 822. The van der Waals surface area contributed by atoms with Gasteiger partial charge < -0.3 is 10.1 Å². The molecule has 1 atom stereocenters. The number of nitrogens with one attached hydrogen (secondary N) is 1. The highest BCUT2D eigenvalue weighted by Crippen LogP contribution is 2.26. The SMILES string of the molecule is COc1ccc(Cl)cc1CS(=O)(=O)C(C)C(=O)Nc1ccccc1. The van der Waals surface area contributed by atoms with Crippen LogP contribution in [-0.2, 0) is 20.4 Å². The molecule has 24 heavy (non-hydrogen) atoms. The summed E-state index contributed by atoms with van der Waals surface area (Å²) in [6.45, 7) is 1.37. The standard InChI is InChI=1S/C17H18ClNO4S/c1-12(17(20)19-15-6-4-3-5-7-15)24(21,22)11-13-10-14(18)8-9-16(13)23-2/h3-10,12H,11H2,1-2H3,(H,19,20). The minimum absolute atomic E-state index is 0.333. The Kier molecular flexibility index (Phi) is 5.85. The van der Waals surface area contributed by atoms with E-state index in [9.17, 15) is 13.2 Å². The van der Waals surface area contributed by atoms with Gasteiger partial charge >= 0.3 is 0 Å². The van der Waals surface area contributed by atoms with E-state index in [0.717, 1.165) is 0 Å². The number of anilines is 1. The lowest BCUT2D eigenvalue weighted by atomic mass is 10.2. The fraction of sp³-hybridized carbons (Fsp3) is 0.235. The average molecular weight is 368 g/mol. The topological polar surface area (TPSA) is 72.5 Å². The lowest BCUT2D eigenvalue weighted by molar-refractivity contribution is -0.115. The number of carbonyl (C=O) groups is 1. The Hall–Kier alpha value is -2.05. The highest BCUT2D eigenvalue weighted by molar-refractivity contribution is 7.92. The molecule has 0 aliphatic carbocycles. The summed E-state index contributed by atoms with van der Waals surface area (Å²) in [5.74, 6) is -0.499. The lowest BCUT2D eigenvalue weighted by Crippen LogP contribution is -2.33. The second-order valence-corrected chi connectivity index (χ2v) is 8.02. The third-order valence-electron chi connectivity index (χ3n) is 3.55. The molecule has 128 valence electrons. The molecule has 0 aliphatic heterocycles. The number of carbonyl (C=O) groups excluding carboxylic acids is 1. The van der Waals surface area contributed by atoms with Gasteiger partial charge in [-0.2, -0.15) is 0 Å². The highest BCUT2D eigenvalue weighted by atomic mass is 35.5. The summed E-state index contributed by atoms with van der Waals surface area (Å²) in [5, 5.41) is 1.80. The maximum atomic E-state index is 12.6. The predicted molar refractivity (Wildman–Crippen MR) is 95.2 cm³/mol. The molecule has 0 fully saturated rings. The summed E-state index contributed by atoms with van der Waals surface area (Å²) in [5.41, 5.74) is 0.967. The fourth-order valence-electron chi connectivity index (χ4n) is 2.13. The van der Waals surface area contributed by atoms with Gasteiger partial charge in [0.15, 0.2) is 9.84 Å². The number of methoxy groups -OCH3 is 1. The Morgan fingerprint density at radius 3 is 2.50 bits per heavy atom. The molecule has 0 saturated carbocycles. The molecule has 0 spiro atoms. The van der Waals surface area contributed by atoms with Gasteiger partial charge in [-0.15, -0.1) is 0 Å². The number of hydrogen-bond acceptors (Lipinski definition) is 4. The van der Waals surface area contributed by atoms with Gasteiger partial charge in [-0.1, -0.05) is 29.8 Å². The molecule has 1 amide bonds. The van der Waals surface area contributed by atoms with E-state index in [-0.39, 0.29) is 5.75 Å². The van der Waals surface area contributed by atoms with E-state index >= 15 is 0 Å². The van der Waals surface area contributed by atoms with E-state index in [1.54, 1.807) is 42.5 Å². The molecule has 2 aromatic carbocycles. The Morgan fingerprint density at radius 2 is 1.88 bits per heavy atom. The van der Waals surface area contributed by atoms with Crippen molar-refractivity contribution in [3.05, 3.63) is 59.1 Å². The molecular weight excluding hydrogens is 350 g/mol. The van der Waals surface area contributed by atoms with E-state index in [2.05, 4.69) is 5.32 Å². The molecule has 5 nitrogen and oxygen atoms in total. The molecule has 0 saturated heterocycles. The van der Waals surface area contributed by atoms with Crippen LogP contribution in [0.25, 0.3) is 0 Å². The number of halogens is 1. The Balaban J connectivity index is 2.17. The molecule has 2 aromatic rings. The predicted octanol–water partition coefficient (Wildman–Crippen LogP) is 3.29. The van der Waals surface area contributed by atoms with Crippen molar-refractivity contribution in [2.75, 3.05) is 12.4 Å². The van der Waals surface area contributed by atoms with Crippen molar-refractivity contribution in [2.45, 2.75) is 17.9 Å². The molecular formula is C17H18ClNO4S. The van der Waals surface area contributed by atoms with Crippen LogP contribution in [0.3, 0.4) is 0 Å². The summed E-state index contributed by atoms with van der Waals surface area (Å²) >= 11 is 5.92. The van der Waals surface area contributed by atoms with Gasteiger partial charge in [-0.3, -0.25) is 4.79 Å². The van der Waals surface area contributed by atoms with E-state index in [4.69, 9.17) is 16.3 Å². The molecule has 1 N–H and O–H groups in total. The van der Waals surface area contributed by atoms with Gasteiger partial charge in [0.1, 0.15) is 11.0 Å². The van der Waals surface area contributed by atoms with Crippen LogP contribution in [0.2, 0.25) is 5.02 Å². The van der Waals surface area contributed by atoms with Crippen LogP contribution in [0.15, 0.2) is 48.5 Å². The van der Waals surface area contributed by atoms with Crippen molar-refractivity contribution < 1.29 is 17.9 Å². The smallest absolute Gasteiger partial charge is 0.242 e. The number of amides is 1. The Morgan fingerprint density at radius 1 is 1.21 bits per heavy atom. The number of hydrogen-bond donors (Lipinski definition) is 1. The number of para-hydroxylation sites is 1. The fourth-order valence-corrected chi connectivity index (χ4v) is 3.62. The van der Waals surface area contributed by atoms with Crippen LogP contribution in [0.5, 0.6) is 5.75 Å². The largest absolute Gasteiger partial charge is 0.496 e. The van der Waals surface area contributed by atoms with E-state index < -0.39 is 21.0 Å². The molecule has 0 radical (unpaired) electrons. The number of ether oxygens (including phenoxy) is 1. The molecule has 7 heteroatoms. The first-order chi connectivity index (χ1) is 11.3. The normalized spacial score (nSPS) is 12.5. The van der Waals surface area contributed by atoms with Gasteiger partial charge in [0.2, 0.25) is 5.91 Å². The van der Waals surface area contributed by atoms with E-state index in [1.807, 2.05) is 0 Å². The van der Waals surface area contributed by atoms with Gasteiger partial charge in [-0.25, -0.2) is 8.42 Å². The van der Waals surface area contributed by atoms with Crippen molar-refractivity contribution in [2.24, 2.45) is 0 Å². The van der Waals surface area contributed by atoms with Crippen LogP contribution in [-0.4, -0.2) is 26.7 Å². The quantitative estimate of drug-likeness (QED) is 0.850. The second-order valence-electron chi connectivity index (χ2n) is 5.26. The Labute approximate surface area is 146 Å². The molecule has 0 heterocycles. The summed E-state index contributed by atoms with van der Waals surface area (Å²) in [6.07, 6.45) is 0. The lowest BCUT2D eigenvalue weighted by Gasteiger charge is -2.15. The van der Waals surface area contributed by atoms with Crippen LogP contribution < -0.4 is 10.1 Å². The summed E-state index contributed by atoms with van der Waals surface area (Å²) in [6, 6.07) is 13.4. The number of sulfone groups is 1. The van der Waals surface area contributed by atoms with Gasteiger partial charge in [0, 0.05) is 16.3 Å². The van der Waals surface area contributed by atoms with Gasteiger partial charge in [-0.05, 0) is 37.3 Å². The second kappa shape index (κ2) is 7.68. The molecule has 0 aromatic heterocycles. The number of rotatable bonds is 6. The molecule has 0 bridgehead atoms. The van der Waals surface area contributed by atoms with Crippen molar-refractivity contribution in [3.63, 3.8) is 0 Å².